The van der Waals surface area contributed by atoms with Crippen molar-refractivity contribution in [3.63, 3.8) is 0 Å². The van der Waals surface area contributed by atoms with Crippen molar-refractivity contribution in [1.29, 1.82) is 0 Å². The number of rotatable bonds is 4. The van der Waals surface area contributed by atoms with Crippen LogP contribution in [-0.2, 0) is 28.7 Å². The van der Waals surface area contributed by atoms with Gasteiger partial charge < -0.3 is 9.15 Å². The first-order chi connectivity index (χ1) is 13.4. The number of oxazole rings is 1. The standard InChI is InChI=1S/C19H12F3N3O3/c20-19(21,22)12-5-6-16-15(7-12)24-17(28-16)10-27-18(26)8-14-13-4-2-1-3-11(13)9-23-25-14/h1-7,9H,8,10H2. The molecule has 4 aromatic rings. The smallest absolute Gasteiger partial charge is 0.416 e. The van der Waals surface area contributed by atoms with E-state index in [9.17, 15) is 18.0 Å². The minimum atomic E-state index is -4.47. The molecular weight excluding hydrogens is 375 g/mol. The van der Waals surface area contributed by atoms with E-state index >= 15 is 0 Å². The van der Waals surface area contributed by atoms with E-state index in [0.717, 1.165) is 22.9 Å². The Labute approximate surface area is 156 Å². The quantitative estimate of drug-likeness (QED) is 0.491. The lowest BCUT2D eigenvalue weighted by Gasteiger charge is -2.04. The molecule has 0 bridgehead atoms. The molecule has 0 aliphatic rings. The summed E-state index contributed by atoms with van der Waals surface area (Å²) in [4.78, 5) is 16.1. The molecule has 0 saturated heterocycles. The van der Waals surface area contributed by atoms with Crippen molar-refractivity contribution in [3.8, 4) is 0 Å². The maximum Gasteiger partial charge on any atom is 0.416 e. The van der Waals surface area contributed by atoms with E-state index in [1.165, 1.54) is 6.07 Å². The molecular formula is C19H12F3N3O3. The number of halogens is 3. The van der Waals surface area contributed by atoms with Gasteiger partial charge >= 0.3 is 12.1 Å². The zero-order valence-electron chi connectivity index (χ0n) is 14.2. The number of fused-ring (bicyclic) bond motifs is 2. The van der Waals surface area contributed by atoms with Crippen molar-refractivity contribution in [2.45, 2.75) is 19.2 Å². The fraction of sp³-hybridized carbons (Fsp3) is 0.158. The van der Waals surface area contributed by atoms with E-state index in [0.29, 0.717) is 5.69 Å². The molecule has 142 valence electrons. The van der Waals surface area contributed by atoms with E-state index < -0.39 is 17.7 Å². The van der Waals surface area contributed by atoms with E-state index in [1.807, 2.05) is 24.3 Å². The molecule has 0 saturated carbocycles. The Balaban J connectivity index is 1.46. The number of nitrogens with zero attached hydrogens (tertiary/aromatic N) is 3. The second kappa shape index (κ2) is 6.91. The molecule has 0 atom stereocenters. The van der Waals surface area contributed by atoms with Crippen LogP contribution < -0.4 is 0 Å². The maximum absolute atomic E-state index is 12.8. The second-order valence-electron chi connectivity index (χ2n) is 6.00. The van der Waals surface area contributed by atoms with E-state index in [1.54, 1.807) is 6.20 Å². The highest BCUT2D eigenvalue weighted by Crippen LogP contribution is 2.31. The molecule has 0 radical (unpaired) electrons. The Morgan fingerprint density at radius 1 is 1.14 bits per heavy atom. The third-order valence-electron chi connectivity index (χ3n) is 4.07. The third-order valence-corrected chi connectivity index (χ3v) is 4.07. The van der Waals surface area contributed by atoms with Gasteiger partial charge in [0.15, 0.2) is 12.2 Å². The highest BCUT2D eigenvalue weighted by molar-refractivity contribution is 5.86. The molecule has 2 heterocycles. The van der Waals surface area contributed by atoms with Gasteiger partial charge in [0.2, 0.25) is 5.89 Å². The van der Waals surface area contributed by atoms with Crippen LogP contribution in [0.3, 0.4) is 0 Å². The molecule has 9 heteroatoms. The molecule has 0 spiro atoms. The summed E-state index contributed by atoms with van der Waals surface area (Å²) in [6.07, 6.45) is -2.98. The van der Waals surface area contributed by atoms with E-state index in [-0.39, 0.29) is 30.0 Å². The number of carbonyl (C=O) groups is 1. The summed E-state index contributed by atoms with van der Waals surface area (Å²) in [5, 5.41) is 9.47. The monoisotopic (exact) mass is 387 g/mol. The first-order valence-electron chi connectivity index (χ1n) is 8.22. The molecule has 2 aromatic heterocycles. The van der Waals surface area contributed by atoms with Crippen LogP contribution in [0.1, 0.15) is 17.1 Å². The average molecular weight is 387 g/mol. The largest absolute Gasteiger partial charge is 0.455 e. The van der Waals surface area contributed by atoms with Crippen LogP contribution in [0.15, 0.2) is 53.1 Å². The number of hydrogen-bond donors (Lipinski definition) is 0. The minimum absolute atomic E-state index is 0.00618. The molecule has 0 fully saturated rings. The van der Waals surface area contributed by atoms with Gasteiger partial charge in [0, 0.05) is 10.8 Å². The van der Waals surface area contributed by atoms with Gasteiger partial charge in [-0.25, -0.2) is 4.98 Å². The molecule has 0 amide bonds. The van der Waals surface area contributed by atoms with Crippen molar-refractivity contribution in [2.75, 3.05) is 0 Å². The Kier molecular flexibility index (Phi) is 4.42. The van der Waals surface area contributed by atoms with Crippen LogP contribution >= 0.6 is 0 Å². The first kappa shape index (κ1) is 17.9. The van der Waals surface area contributed by atoms with Crippen molar-refractivity contribution in [1.82, 2.24) is 15.2 Å². The topological polar surface area (TPSA) is 78.1 Å². The van der Waals surface area contributed by atoms with Gasteiger partial charge in [-0.2, -0.15) is 23.4 Å². The molecule has 2 aromatic carbocycles. The summed E-state index contributed by atoms with van der Waals surface area (Å²) in [5.74, 6) is -0.574. The number of benzene rings is 2. The lowest BCUT2D eigenvalue weighted by Crippen LogP contribution is -2.10. The van der Waals surface area contributed by atoms with Crippen LogP contribution in [-0.4, -0.2) is 21.2 Å². The fourth-order valence-electron chi connectivity index (χ4n) is 2.76. The van der Waals surface area contributed by atoms with Gasteiger partial charge in [-0.1, -0.05) is 24.3 Å². The summed E-state index contributed by atoms with van der Waals surface area (Å²) in [6, 6.07) is 10.3. The highest BCUT2D eigenvalue weighted by atomic mass is 19.4. The summed E-state index contributed by atoms with van der Waals surface area (Å²) >= 11 is 0. The molecule has 0 aliphatic heterocycles. The SMILES string of the molecule is O=C(Cc1nncc2ccccc12)OCc1nc2cc(C(F)(F)F)ccc2o1. The predicted octanol–water partition coefficient (Wildman–Crippen LogP) is 4.08. The molecule has 0 aliphatic carbocycles. The lowest BCUT2D eigenvalue weighted by molar-refractivity contribution is -0.144. The zero-order valence-corrected chi connectivity index (χ0v) is 14.2. The molecule has 28 heavy (non-hydrogen) atoms. The van der Waals surface area contributed by atoms with Crippen LogP contribution in [0.2, 0.25) is 0 Å². The summed E-state index contributed by atoms with van der Waals surface area (Å²) in [5.41, 5.74) is -0.137. The van der Waals surface area contributed by atoms with Crippen LogP contribution in [0.4, 0.5) is 13.2 Å². The Hall–Kier alpha value is -3.49. The van der Waals surface area contributed by atoms with Gasteiger partial charge in [-0.05, 0) is 18.2 Å². The van der Waals surface area contributed by atoms with Crippen molar-refractivity contribution in [2.24, 2.45) is 0 Å². The van der Waals surface area contributed by atoms with Crippen molar-refractivity contribution in [3.05, 3.63) is 65.8 Å². The second-order valence-corrected chi connectivity index (χ2v) is 6.00. The predicted molar refractivity (Wildman–Crippen MR) is 92.0 cm³/mol. The summed E-state index contributed by atoms with van der Waals surface area (Å²) in [6.45, 7) is -0.299. The van der Waals surface area contributed by atoms with Crippen LogP contribution in [0.25, 0.3) is 21.9 Å². The Morgan fingerprint density at radius 2 is 1.96 bits per heavy atom. The molecule has 4 rings (SSSR count). The molecule has 0 unspecified atom stereocenters. The van der Waals surface area contributed by atoms with E-state index in [2.05, 4.69) is 15.2 Å². The van der Waals surface area contributed by atoms with Gasteiger partial charge in [0.1, 0.15) is 5.52 Å². The maximum atomic E-state index is 12.8. The summed E-state index contributed by atoms with van der Waals surface area (Å²) < 4.78 is 48.7. The number of esters is 1. The number of alkyl halides is 3. The normalized spacial score (nSPS) is 11.8. The number of carbonyl (C=O) groups excluding carboxylic acids is 1. The highest BCUT2D eigenvalue weighted by Gasteiger charge is 2.31. The average Bonchev–Trinajstić information content (AvgIpc) is 3.08. The molecule has 6 nitrogen and oxygen atoms in total. The van der Waals surface area contributed by atoms with Crippen LogP contribution in [0, 0.1) is 0 Å². The Bertz CT molecular complexity index is 1170. The van der Waals surface area contributed by atoms with Gasteiger partial charge in [-0.15, -0.1) is 0 Å². The number of hydrogen-bond acceptors (Lipinski definition) is 6. The lowest BCUT2D eigenvalue weighted by atomic mass is 10.1. The third kappa shape index (κ3) is 3.64. The van der Waals surface area contributed by atoms with Gasteiger partial charge in [0.05, 0.1) is 23.9 Å². The minimum Gasteiger partial charge on any atom is -0.455 e. The van der Waals surface area contributed by atoms with Crippen molar-refractivity contribution < 1.29 is 27.1 Å². The van der Waals surface area contributed by atoms with Gasteiger partial charge in [0.25, 0.3) is 0 Å². The van der Waals surface area contributed by atoms with Gasteiger partial charge in [-0.3, -0.25) is 4.79 Å². The zero-order chi connectivity index (χ0) is 19.7. The number of ether oxygens (including phenoxy) is 1. The van der Waals surface area contributed by atoms with Crippen molar-refractivity contribution >= 4 is 27.8 Å². The fourth-order valence-corrected chi connectivity index (χ4v) is 2.76. The Morgan fingerprint density at radius 3 is 2.79 bits per heavy atom. The summed E-state index contributed by atoms with van der Waals surface area (Å²) in [7, 11) is 0. The van der Waals surface area contributed by atoms with Crippen LogP contribution in [0.5, 0.6) is 0 Å². The van der Waals surface area contributed by atoms with E-state index in [4.69, 9.17) is 9.15 Å². The first-order valence-corrected chi connectivity index (χ1v) is 8.22. The number of aromatic nitrogens is 3. The molecule has 0 N–H and O–H groups in total.